The van der Waals surface area contributed by atoms with E-state index in [9.17, 15) is 9.59 Å². The second kappa shape index (κ2) is 6.23. The summed E-state index contributed by atoms with van der Waals surface area (Å²) in [5.74, 6) is -0.233. The topological polar surface area (TPSA) is 40.6 Å². The molecule has 1 saturated heterocycles. The van der Waals surface area contributed by atoms with Crippen molar-refractivity contribution in [1.29, 1.82) is 0 Å². The summed E-state index contributed by atoms with van der Waals surface area (Å²) in [5, 5.41) is 0.897. The molecule has 1 fully saturated rings. The fourth-order valence-electron chi connectivity index (χ4n) is 4.81. The van der Waals surface area contributed by atoms with Crippen LogP contribution in [0.5, 0.6) is 0 Å². The van der Waals surface area contributed by atoms with E-state index in [2.05, 4.69) is 0 Å². The van der Waals surface area contributed by atoms with E-state index >= 15 is 0 Å². The van der Waals surface area contributed by atoms with Gasteiger partial charge in [0.15, 0.2) is 0 Å². The van der Waals surface area contributed by atoms with Gasteiger partial charge >= 0.3 is 0 Å². The normalized spacial score (nSPS) is 20.5. The van der Waals surface area contributed by atoms with Crippen molar-refractivity contribution >= 4 is 46.4 Å². The van der Waals surface area contributed by atoms with Crippen LogP contribution in [0, 0.1) is 20.8 Å². The molecule has 0 spiro atoms. The molecule has 2 amide bonds. The quantitative estimate of drug-likeness (QED) is 0.658. The van der Waals surface area contributed by atoms with Crippen molar-refractivity contribution in [2.24, 2.45) is 0 Å². The van der Waals surface area contributed by atoms with Crippen LogP contribution in [0.15, 0.2) is 24.3 Å². The van der Waals surface area contributed by atoms with Crippen LogP contribution in [0.1, 0.15) is 36.1 Å². The highest BCUT2D eigenvalue weighted by Gasteiger charge is 2.56. The van der Waals surface area contributed by atoms with Crippen LogP contribution < -0.4 is 9.80 Å². The van der Waals surface area contributed by atoms with Crippen LogP contribution in [-0.2, 0) is 15.0 Å². The highest BCUT2D eigenvalue weighted by atomic mass is 35.5. The number of aryl methyl sites for hydroxylation is 3. The van der Waals surface area contributed by atoms with Crippen molar-refractivity contribution in [3.8, 4) is 0 Å². The molecule has 0 aliphatic carbocycles. The van der Waals surface area contributed by atoms with Gasteiger partial charge in [0.25, 0.3) is 5.91 Å². The maximum Gasteiger partial charge on any atom is 0.251 e. The molecule has 0 saturated carbocycles. The standard InChI is InChI=1S/C22H22Cl2N2O2/c1-11-6-12(2)18(13(3)7-11)25-10-17(27)26-19-15(8-14(23)9-16(19)24)22(4,5)20(26)21(25)28/h6-9,20H,10H2,1-5H3. The summed E-state index contributed by atoms with van der Waals surface area (Å²) in [5.41, 5.74) is 4.75. The van der Waals surface area contributed by atoms with E-state index in [-0.39, 0.29) is 18.4 Å². The minimum atomic E-state index is -0.653. The SMILES string of the molecule is Cc1cc(C)c(N2CC(=O)N3c4c(Cl)cc(Cl)cc4C(C)(C)C3C2=O)c(C)c1. The van der Waals surface area contributed by atoms with Crippen LogP contribution in [0.2, 0.25) is 10.0 Å². The largest absolute Gasteiger partial charge is 0.301 e. The molecule has 28 heavy (non-hydrogen) atoms. The third kappa shape index (κ3) is 2.58. The van der Waals surface area contributed by atoms with Crippen molar-refractivity contribution < 1.29 is 9.59 Å². The molecule has 0 radical (unpaired) electrons. The van der Waals surface area contributed by atoms with E-state index < -0.39 is 11.5 Å². The zero-order chi connectivity index (χ0) is 20.5. The van der Waals surface area contributed by atoms with E-state index in [1.54, 1.807) is 15.9 Å². The number of benzene rings is 2. The lowest BCUT2D eigenvalue weighted by Gasteiger charge is -2.41. The summed E-state index contributed by atoms with van der Waals surface area (Å²) in [7, 11) is 0. The Morgan fingerprint density at radius 1 is 0.964 bits per heavy atom. The third-order valence-corrected chi connectivity index (χ3v) is 6.38. The second-order valence-corrected chi connectivity index (χ2v) is 9.19. The molecule has 1 unspecified atom stereocenters. The van der Waals surface area contributed by atoms with Gasteiger partial charge in [0.1, 0.15) is 12.6 Å². The lowest BCUT2D eigenvalue weighted by molar-refractivity contribution is -0.129. The summed E-state index contributed by atoms with van der Waals surface area (Å²) in [6.45, 7) is 9.90. The van der Waals surface area contributed by atoms with Crippen molar-refractivity contribution in [2.45, 2.75) is 46.1 Å². The van der Waals surface area contributed by atoms with E-state index in [1.807, 2.05) is 52.8 Å². The van der Waals surface area contributed by atoms with Crippen molar-refractivity contribution in [3.05, 3.63) is 56.6 Å². The van der Waals surface area contributed by atoms with Crippen LogP contribution in [-0.4, -0.2) is 24.4 Å². The molecule has 0 N–H and O–H groups in total. The molecule has 4 rings (SSSR count). The number of hydrogen-bond acceptors (Lipinski definition) is 2. The Morgan fingerprint density at radius 3 is 2.18 bits per heavy atom. The van der Waals surface area contributed by atoms with Gasteiger partial charge < -0.3 is 4.90 Å². The molecular weight excluding hydrogens is 395 g/mol. The molecule has 2 aromatic carbocycles. The number of piperazine rings is 1. The van der Waals surface area contributed by atoms with Gasteiger partial charge in [-0.1, -0.05) is 54.7 Å². The molecule has 2 aliphatic rings. The predicted octanol–water partition coefficient (Wildman–Crippen LogP) is 4.96. The molecule has 4 nitrogen and oxygen atoms in total. The first-order valence-corrected chi connectivity index (χ1v) is 10.0. The van der Waals surface area contributed by atoms with Gasteiger partial charge in [-0.25, -0.2) is 0 Å². The van der Waals surface area contributed by atoms with Gasteiger partial charge in [-0.3, -0.25) is 14.5 Å². The Balaban J connectivity index is 1.88. The Labute approximate surface area is 175 Å². The van der Waals surface area contributed by atoms with Gasteiger partial charge in [-0.05, 0) is 49.6 Å². The van der Waals surface area contributed by atoms with Gasteiger partial charge in [0, 0.05) is 10.4 Å². The number of fused-ring (bicyclic) bond motifs is 3. The van der Waals surface area contributed by atoms with E-state index in [0.29, 0.717) is 15.7 Å². The molecule has 2 heterocycles. The number of rotatable bonds is 1. The average molecular weight is 417 g/mol. The van der Waals surface area contributed by atoms with E-state index in [4.69, 9.17) is 23.2 Å². The lowest BCUT2D eigenvalue weighted by atomic mass is 9.79. The summed E-state index contributed by atoms with van der Waals surface area (Å²) < 4.78 is 0. The number of carbonyl (C=O) groups is 2. The smallest absolute Gasteiger partial charge is 0.251 e. The molecule has 146 valence electrons. The molecule has 0 bridgehead atoms. The Hall–Kier alpha value is -2.04. The maximum absolute atomic E-state index is 13.7. The zero-order valence-corrected chi connectivity index (χ0v) is 18.1. The highest BCUT2D eigenvalue weighted by molar-refractivity contribution is 6.38. The van der Waals surface area contributed by atoms with E-state index in [0.717, 1.165) is 27.9 Å². The van der Waals surface area contributed by atoms with Gasteiger partial charge in [-0.15, -0.1) is 0 Å². The third-order valence-electron chi connectivity index (χ3n) is 5.87. The second-order valence-electron chi connectivity index (χ2n) is 8.34. The Kier molecular flexibility index (Phi) is 4.29. The fourth-order valence-corrected chi connectivity index (χ4v) is 5.40. The number of halogens is 2. The number of carbonyl (C=O) groups excluding carboxylic acids is 2. The van der Waals surface area contributed by atoms with Crippen LogP contribution in [0.3, 0.4) is 0 Å². The molecule has 1 atom stereocenters. The number of amides is 2. The minimum absolute atomic E-state index is 0.00541. The summed E-state index contributed by atoms with van der Waals surface area (Å²) in [4.78, 5) is 30.1. The number of nitrogens with zero attached hydrogens (tertiary/aromatic N) is 2. The van der Waals surface area contributed by atoms with Gasteiger partial charge in [-0.2, -0.15) is 0 Å². The van der Waals surface area contributed by atoms with Crippen molar-refractivity contribution in [1.82, 2.24) is 0 Å². The maximum atomic E-state index is 13.7. The average Bonchev–Trinajstić information content (AvgIpc) is 2.80. The minimum Gasteiger partial charge on any atom is -0.301 e. The first-order chi connectivity index (χ1) is 13.0. The molecule has 2 aromatic rings. The van der Waals surface area contributed by atoms with E-state index in [1.165, 1.54) is 0 Å². The summed E-state index contributed by atoms with van der Waals surface area (Å²) >= 11 is 12.7. The molecule has 0 aromatic heterocycles. The summed E-state index contributed by atoms with van der Waals surface area (Å²) in [6.07, 6.45) is 0. The zero-order valence-electron chi connectivity index (χ0n) is 16.6. The fraction of sp³-hybridized carbons (Fsp3) is 0.364. The first kappa shape index (κ1) is 19.3. The Bertz CT molecular complexity index is 1020. The van der Waals surface area contributed by atoms with Gasteiger partial charge in [0.05, 0.1) is 16.4 Å². The van der Waals surface area contributed by atoms with Crippen molar-refractivity contribution in [2.75, 3.05) is 16.3 Å². The predicted molar refractivity (Wildman–Crippen MR) is 114 cm³/mol. The van der Waals surface area contributed by atoms with Crippen LogP contribution in [0.25, 0.3) is 0 Å². The molecule has 2 aliphatic heterocycles. The molecule has 6 heteroatoms. The lowest BCUT2D eigenvalue weighted by Crippen LogP contribution is -2.63. The highest BCUT2D eigenvalue weighted by Crippen LogP contribution is 2.51. The summed E-state index contributed by atoms with van der Waals surface area (Å²) in [6, 6.07) is 6.86. The number of anilines is 2. The monoisotopic (exact) mass is 416 g/mol. The van der Waals surface area contributed by atoms with Gasteiger partial charge in [0.2, 0.25) is 5.91 Å². The first-order valence-electron chi connectivity index (χ1n) is 9.25. The number of hydrogen-bond donors (Lipinski definition) is 0. The van der Waals surface area contributed by atoms with Crippen LogP contribution in [0.4, 0.5) is 11.4 Å². The van der Waals surface area contributed by atoms with Crippen molar-refractivity contribution in [3.63, 3.8) is 0 Å². The molecular formula is C22H22Cl2N2O2. The van der Waals surface area contributed by atoms with Crippen LogP contribution >= 0.6 is 23.2 Å². The Morgan fingerprint density at radius 2 is 1.57 bits per heavy atom.